The molecule has 8 nitrogen and oxygen atoms in total. The molecule has 1 aliphatic rings. The van der Waals surface area contributed by atoms with Crippen molar-refractivity contribution in [1.82, 2.24) is 20.4 Å². The van der Waals surface area contributed by atoms with Gasteiger partial charge >= 0.3 is 6.03 Å². The molecule has 0 saturated carbocycles. The van der Waals surface area contributed by atoms with Gasteiger partial charge < -0.3 is 24.4 Å². The molecule has 1 saturated heterocycles. The Balaban J connectivity index is 1.77. The van der Waals surface area contributed by atoms with Crippen molar-refractivity contribution in [3.8, 4) is 11.8 Å². The van der Waals surface area contributed by atoms with Crippen molar-refractivity contribution in [2.24, 2.45) is 0 Å². The van der Waals surface area contributed by atoms with Gasteiger partial charge in [0.2, 0.25) is 11.8 Å². The zero-order chi connectivity index (χ0) is 15.1. The van der Waals surface area contributed by atoms with Crippen LogP contribution >= 0.6 is 0 Å². The number of likely N-dealkylation sites (tertiary alicyclic amines) is 1. The molecular weight excluding hydrogens is 276 g/mol. The second-order valence-electron chi connectivity index (χ2n) is 4.61. The smallest absolute Gasteiger partial charge is 0.317 e. The van der Waals surface area contributed by atoms with Crippen molar-refractivity contribution in [2.75, 3.05) is 40.5 Å². The van der Waals surface area contributed by atoms with Crippen molar-refractivity contribution in [2.45, 2.75) is 12.5 Å². The number of rotatable bonds is 6. The third-order valence-corrected chi connectivity index (χ3v) is 3.13. The summed E-state index contributed by atoms with van der Waals surface area (Å²) in [6.07, 6.45) is 0.701. The Morgan fingerprint density at radius 1 is 1.38 bits per heavy atom. The molecule has 116 valence electrons. The average Bonchev–Trinajstić information content (AvgIpc) is 2.97. The fourth-order valence-corrected chi connectivity index (χ4v) is 2.03. The van der Waals surface area contributed by atoms with Gasteiger partial charge in [-0.3, -0.25) is 0 Å². The number of nitrogens with one attached hydrogen (secondary N) is 1. The largest absolute Gasteiger partial charge is 0.480 e. The molecule has 1 aromatic heterocycles. The van der Waals surface area contributed by atoms with Gasteiger partial charge in [-0.25, -0.2) is 4.79 Å². The van der Waals surface area contributed by atoms with E-state index in [1.807, 2.05) is 0 Å². The summed E-state index contributed by atoms with van der Waals surface area (Å²) in [5.41, 5.74) is 0. The van der Waals surface area contributed by atoms with Crippen molar-refractivity contribution < 1.29 is 19.0 Å². The number of carbonyl (C=O) groups is 1. The summed E-state index contributed by atoms with van der Waals surface area (Å²) < 4.78 is 15.5. The van der Waals surface area contributed by atoms with Crippen LogP contribution in [0.25, 0.3) is 0 Å². The van der Waals surface area contributed by atoms with E-state index in [2.05, 4.69) is 15.5 Å². The zero-order valence-electron chi connectivity index (χ0n) is 12.2. The van der Waals surface area contributed by atoms with Crippen molar-refractivity contribution in [1.29, 1.82) is 0 Å². The van der Waals surface area contributed by atoms with Gasteiger partial charge in [0.15, 0.2) is 0 Å². The third-order valence-electron chi connectivity index (χ3n) is 3.13. The lowest BCUT2D eigenvalue weighted by molar-refractivity contribution is 0.173. The molecule has 0 aliphatic carbocycles. The molecule has 0 aromatic carbocycles. The Hall–Kier alpha value is -2.09. The summed E-state index contributed by atoms with van der Waals surface area (Å²) >= 11 is 0. The van der Waals surface area contributed by atoms with E-state index in [0.29, 0.717) is 38.0 Å². The molecule has 1 fully saturated rings. The summed E-state index contributed by atoms with van der Waals surface area (Å²) in [7, 11) is 3.13. The van der Waals surface area contributed by atoms with Gasteiger partial charge in [-0.2, -0.15) is 0 Å². The van der Waals surface area contributed by atoms with Crippen LogP contribution in [0.2, 0.25) is 0 Å². The minimum Gasteiger partial charge on any atom is -0.480 e. The molecule has 0 bridgehead atoms. The van der Waals surface area contributed by atoms with E-state index in [-0.39, 0.29) is 12.1 Å². The maximum Gasteiger partial charge on any atom is 0.317 e. The van der Waals surface area contributed by atoms with Crippen LogP contribution in [0.5, 0.6) is 11.8 Å². The predicted octanol–water partition coefficient (Wildman–Crippen LogP) is 0.294. The van der Waals surface area contributed by atoms with E-state index in [0.717, 1.165) is 6.42 Å². The van der Waals surface area contributed by atoms with Crippen LogP contribution in [0.4, 0.5) is 4.79 Å². The number of carbonyl (C=O) groups excluding carboxylic acids is 1. The number of urea groups is 1. The molecule has 1 N–H and O–H groups in total. The first kappa shape index (κ1) is 15.3. The molecule has 1 atom stereocenters. The first-order valence-corrected chi connectivity index (χ1v) is 6.79. The molecule has 2 rings (SSSR count). The first-order valence-electron chi connectivity index (χ1n) is 6.79. The summed E-state index contributed by atoms with van der Waals surface area (Å²) in [5.74, 6) is 0.871. The van der Waals surface area contributed by atoms with Crippen LogP contribution in [-0.2, 0) is 4.74 Å². The normalized spacial score (nSPS) is 17.6. The molecule has 2 amide bonds. The number of methoxy groups -OCH3 is 2. The number of nitrogens with zero attached hydrogens (tertiary/aromatic N) is 3. The SMILES string of the molecule is COCCNC(=O)N1CCC(Oc2ccc(OC)nn2)C1. The standard InChI is InChI=1S/C13H20N4O4/c1-19-8-6-14-13(18)17-7-5-10(9-17)21-12-4-3-11(20-2)15-16-12/h3-4,10H,5-9H2,1-2H3,(H,14,18). The fourth-order valence-electron chi connectivity index (χ4n) is 2.03. The van der Waals surface area contributed by atoms with Gasteiger partial charge in [-0.15, -0.1) is 10.2 Å². The van der Waals surface area contributed by atoms with Crippen LogP contribution in [-0.4, -0.2) is 67.7 Å². The van der Waals surface area contributed by atoms with Crippen molar-refractivity contribution in [3.05, 3.63) is 12.1 Å². The molecule has 0 radical (unpaired) electrons. The molecule has 8 heteroatoms. The van der Waals surface area contributed by atoms with Crippen LogP contribution in [0, 0.1) is 0 Å². The lowest BCUT2D eigenvalue weighted by Crippen LogP contribution is -2.40. The molecule has 1 aromatic rings. The second-order valence-corrected chi connectivity index (χ2v) is 4.61. The minimum atomic E-state index is -0.0982. The van der Waals surface area contributed by atoms with Crippen molar-refractivity contribution >= 4 is 6.03 Å². The number of aromatic nitrogens is 2. The number of amides is 2. The van der Waals surface area contributed by atoms with Gasteiger partial charge in [-0.05, 0) is 0 Å². The van der Waals surface area contributed by atoms with E-state index in [4.69, 9.17) is 14.2 Å². The summed E-state index contributed by atoms with van der Waals surface area (Å²) in [6, 6.07) is 3.29. The Labute approximate surface area is 123 Å². The number of hydrogen-bond acceptors (Lipinski definition) is 6. The van der Waals surface area contributed by atoms with Crippen molar-refractivity contribution in [3.63, 3.8) is 0 Å². The van der Waals surface area contributed by atoms with Crippen LogP contribution in [0.3, 0.4) is 0 Å². The highest BCUT2D eigenvalue weighted by Crippen LogP contribution is 2.17. The Morgan fingerprint density at radius 2 is 2.14 bits per heavy atom. The number of hydrogen-bond donors (Lipinski definition) is 1. The Bertz CT molecular complexity index is 454. The topological polar surface area (TPSA) is 85.8 Å². The first-order chi connectivity index (χ1) is 10.2. The van der Waals surface area contributed by atoms with E-state index < -0.39 is 0 Å². The average molecular weight is 296 g/mol. The lowest BCUT2D eigenvalue weighted by Gasteiger charge is -2.17. The molecule has 2 heterocycles. The molecular formula is C13H20N4O4. The second kappa shape index (κ2) is 7.63. The fraction of sp³-hybridized carbons (Fsp3) is 0.615. The van der Waals surface area contributed by atoms with Crippen LogP contribution in [0.1, 0.15) is 6.42 Å². The van der Waals surface area contributed by atoms with Gasteiger partial charge in [0, 0.05) is 38.8 Å². The predicted molar refractivity (Wildman–Crippen MR) is 74.5 cm³/mol. The van der Waals surface area contributed by atoms with Gasteiger partial charge in [-0.1, -0.05) is 0 Å². The molecule has 21 heavy (non-hydrogen) atoms. The summed E-state index contributed by atoms with van der Waals surface area (Å²) in [4.78, 5) is 13.6. The minimum absolute atomic E-state index is 0.0686. The van der Waals surface area contributed by atoms with Gasteiger partial charge in [0.05, 0.1) is 20.3 Å². The Kier molecular flexibility index (Phi) is 5.56. The summed E-state index contributed by atoms with van der Waals surface area (Å²) in [6.45, 7) is 2.20. The molecule has 0 spiro atoms. The highest BCUT2D eigenvalue weighted by atomic mass is 16.5. The van der Waals surface area contributed by atoms with E-state index in [9.17, 15) is 4.79 Å². The van der Waals surface area contributed by atoms with E-state index in [1.165, 1.54) is 7.11 Å². The maximum absolute atomic E-state index is 11.9. The van der Waals surface area contributed by atoms with E-state index >= 15 is 0 Å². The lowest BCUT2D eigenvalue weighted by atomic mass is 10.3. The van der Waals surface area contributed by atoms with Crippen LogP contribution in [0.15, 0.2) is 12.1 Å². The highest BCUT2D eigenvalue weighted by Gasteiger charge is 2.27. The highest BCUT2D eigenvalue weighted by molar-refractivity contribution is 5.74. The Morgan fingerprint density at radius 3 is 2.81 bits per heavy atom. The zero-order valence-corrected chi connectivity index (χ0v) is 12.2. The van der Waals surface area contributed by atoms with Gasteiger partial charge in [0.25, 0.3) is 0 Å². The quantitative estimate of drug-likeness (QED) is 0.760. The summed E-state index contributed by atoms with van der Waals surface area (Å²) in [5, 5.41) is 10.5. The number of ether oxygens (including phenoxy) is 3. The molecule has 1 aliphatic heterocycles. The van der Waals surface area contributed by atoms with Gasteiger partial charge in [0.1, 0.15) is 6.10 Å². The molecule has 1 unspecified atom stereocenters. The third kappa shape index (κ3) is 4.45. The maximum atomic E-state index is 11.9. The monoisotopic (exact) mass is 296 g/mol. The van der Waals surface area contributed by atoms with Crippen LogP contribution < -0.4 is 14.8 Å². The van der Waals surface area contributed by atoms with E-state index in [1.54, 1.807) is 24.1 Å².